The molecule has 0 aliphatic carbocycles. The van der Waals surface area contributed by atoms with Gasteiger partial charge < -0.3 is 20.7 Å². The zero-order valence-electron chi connectivity index (χ0n) is 17.1. The van der Waals surface area contributed by atoms with Crippen molar-refractivity contribution in [3.63, 3.8) is 0 Å². The van der Waals surface area contributed by atoms with Crippen molar-refractivity contribution in [2.75, 3.05) is 12.3 Å². The molecule has 162 valence electrons. The first-order valence-corrected chi connectivity index (χ1v) is 11.2. The molecule has 1 saturated heterocycles. The molecular formula is C20H33N5O3S. The highest BCUT2D eigenvalue weighted by molar-refractivity contribution is 7.81. The summed E-state index contributed by atoms with van der Waals surface area (Å²) in [4.78, 5) is 13.4. The van der Waals surface area contributed by atoms with E-state index in [0.29, 0.717) is 22.8 Å². The predicted molar refractivity (Wildman–Crippen MR) is 116 cm³/mol. The Bertz CT molecular complexity index is 787. The maximum Gasteiger partial charge on any atom is 0.167 e. The third-order valence-electron chi connectivity index (χ3n) is 5.54. The van der Waals surface area contributed by atoms with Crippen molar-refractivity contribution >= 4 is 29.6 Å². The molecule has 0 spiro atoms. The first-order valence-electron chi connectivity index (χ1n) is 10.7. The quantitative estimate of drug-likeness (QED) is 0.324. The number of ether oxygens (including phenoxy) is 1. The van der Waals surface area contributed by atoms with Crippen molar-refractivity contribution < 1.29 is 14.9 Å². The number of hydrogen-bond acceptors (Lipinski definition) is 8. The Labute approximate surface area is 177 Å². The van der Waals surface area contributed by atoms with Crippen molar-refractivity contribution in [3.8, 4) is 0 Å². The Hall–Kier alpha value is -1.42. The van der Waals surface area contributed by atoms with E-state index in [2.05, 4.69) is 34.5 Å². The van der Waals surface area contributed by atoms with Gasteiger partial charge in [0.25, 0.3) is 0 Å². The topological polar surface area (TPSA) is 119 Å². The molecule has 8 nitrogen and oxygen atoms in total. The van der Waals surface area contributed by atoms with Crippen molar-refractivity contribution in [1.29, 1.82) is 0 Å². The van der Waals surface area contributed by atoms with Gasteiger partial charge in [-0.1, -0.05) is 51.9 Å². The van der Waals surface area contributed by atoms with Crippen molar-refractivity contribution in [2.45, 2.75) is 88.4 Å². The molecule has 0 bridgehead atoms. The van der Waals surface area contributed by atoms with Gasteiger partial charge in [0.15, 0.2) is 17.7 Å². The molecule has 0 saturated carbocycles. The summed E-state index contributed by atoms with van der Waals surface area (Å²) in [7, 11) is 0. The minimum absolute atomic E-state index is 0.276. The van der Waals surface area contributed by atoms with E-state index in [9.17, 15) is 10.2 Å². The van der Waals surface area contributed by atoms with Crippen LogP contribution in [0.1, 0.15) is 70.3 Å². The van der Waals surface area contributed by atoms with E-state index in [-0.39, 0.29) is 6.61 Å². The summed E-state index contributed by atoms with van der Waals surface area (Å²) in [5, 5.41) is 19.1. The molecule has 1 fully saturated rings. The molecule has 2 aromatic rings. The van der Waals surface area contributed by atoms with Crippen LogP contribution in [0.25, 0.3) is 11.2 Å². The minimum atomic E-state index is -0.873. The maximum atomic E-state index is 10.2. The second-order valence-electron chi connectivity index (χ2n) is 7.80. The van der Waals surface area contributed by atoms with Gasteiger partial charge in [0, 0.05) is 6.42 Å². The number of fused-ring (bicyclic) bond motifs is 1. The number of aliphatic hydroxyl groups is 2. The minimum Gasteiger partial charge on any atom is -0.394 e. The van der Waals surface area contributed by atoms with Crippen molar-refractivity contribution in [3.05, 3.63) is 12.2 Å². The largest absolute Gasteiger partial charge is 0.394 e. The molecule has 0 aromatic carbocycles. The number of nitrogens with zero attached hydrogens (tertiary/aromatic N) is 4. The number of aryl methyl sites for hydroxylation is 1. The number of aromatic nitrogens is 4. The second kappa shape index (κ2) is 10.6. The van der Waals surface area contributed by atoms with Crippen LogP contribution in [0.4, 0.5) is 5.82 Å². The second-order valence-corrected chi connectivity index (χ2v) is 8.40. The zero-order valence-corrected chi connectivity index (χ0v) is 18.0. The van der Waals surface area contributed by atoms with Gasteiger partial charge in [-0.15, -0.1) is 0 Å². The third kappa shape index (κ3) is 5.20. The van der Waals surface area contributed by atoms with E-state index in [1.807, 2.05) is 0 Å². The number of imidazole rings is 1. The number of nitrogens with two attached hydrogens (primary N) is 1. The summed E-state index contributed by atoms with van der Waals surface area (Å²) < 4.78 is 7.49. The van der Waals surface area contributed by atoms with Gasteiger partial charge in [-0.25, -0.2) is 15.0 Å². The summed E-state index contributed by atoms with van der Waals surface area (Å²) >= 11 is 4.46. The Morgan fingerprint density at radius 2 is 1.83 bits per heavy atom. The number of rotatable bonds is 11. The number of unbranched alkanes of at least 4 members (excludes halogenated alkanes) is 7. The number of hydrogen-bond donors (Lipinski definition) is 4. The molecule has 1 aliphatic heterocycles. The lowest BCUT2D eigenvalue weighted by atomic mass is 10.1. The molecule has 4 atom stereocenters. The van der Waals surface area contributed by atoms with Crippen LogP contribution in [0.15, 0.2) is 6.33 Å². The van der Waals surface area contributed by atoms with Crippen LogP contribution in [0.2, 0.25) is 0 Å². The van der Waals surface area contributed by atoms with Crippen LogP contribution in [-0.2, 0) is 11.2 Å². The van der Waals surface area contributed by atoms with Gasteiger partial charge in [-0.2, -0.15) is 12.6 Å². The average Bonchev–Trinajstić information content (AvgIpc) is 3.25. The van der Waals surface area contributed by atoms with Crippen LogP contribution < -0.4 is 5.73 Å². The van der Waals surface area contributed by atoms with Crippen LogP contribution in [-0.4, -0.2) is 53.8 Å². The van der Waals surface area contributed by atoms with Gasteiger partial charge in [0.05, 0.1) is 24.3 Å². The fourth-order valence-corrected chi connectivity index (χ4v) is 4.22. The van der Waals surface area contributed by atoms with E-state index in [1.54, 1.807) is 10.9 Å². The van der Waals surface area contributed by atoms with Crippen molar-refractivity contribution in [1.82, 2.24) is 19.5 Å². The maximum absolute atomic E-state index is 10.2. The zero-order chi connectivity index (χ0) is 20.8. The first kappa shape index (κ1) is 22.3. The molecule has 9 heteroatoms. The highest BCUT2D eigenvalue weighted by Crippen LogP contribution is 2.35. The highest BCUT2D eigenvalue weighted by Gasteiger charge is 2.43. The lowest BCUT2D eigenvalue weighted by molar-refractivity contribution is -0.0430. The lowest BCUT2D eigenvalue weighted by Crippen LogP contribution is -2.30. The molecule has 3 rings (SSSR count). The average molecular weight is 424 g/mol. The van der Waals surface area contributed by atoms with E-state index in [4.69, 9.17) is 10.5 Å². The van der Waals surface area contributed by atoms with E-state index >= 15 is 0 Å². The molecule has 1 aliphatic rings. The van der Waals surface area contributed by atoms with Crippen molar-refractivity contribution in [2.24, 2.45) is 0 Å². The molecule has 0 amide bonds. The SMILES string of the molecule is CCCCCCCCCCc1nc(N)c2ncn([C@@H]3O[C@H](CO)[C@@H](O)[C@H]3S)c2n1. The number of aliphatic hydroxyl groups excluding tert-OH is 2. The standard InChI is InChI=1S/C20H33N5O3S/c1-2-3-4-5-6-7-8-9-10-14-23-18(21)15-19(24-14)25(12-22-15)20-17(29)16(27)13(11-26)28-20/h12-13,16-17,20,26-27,29H,2-11H2,1H3,(H2,21,23,24)/t13-,16-,17-,20-/m1/s1. The summed E-state index contributed by atoms with van der Waals surface area (Å²) in [6.07, 6.45) is 10.1. The number of nitrogen functional groups attached to an aromatic ring is 1. The Balaban J connectivity index is 1.63. The van der Waals surface area contributed by atoms with Gasteiger partial charge in [-0.05, 0) is 6.42 Å². The monoisotopic (exact) mass is 423 g/mol. The van der Waals surface area contributed by atoms with E-state index in [1.165, 1.54) is 38.5 Å². The van der Waals surface area contributed by atoms with Crippen LogP contribution in [0, 0.1) is 0 Å². The summed E-state index contributed by atoms with van der Waals surface area (Å²) in [5.41, 5.74) is 7.19. The van der Waals surface area contributed by atoms with Gasteiger partial charge in [0.1, 0.15) is 17.4 Å². The summed E-state index contributed by atoms with van der Waals surface area (Å²) in [6.45, 7) is 1.96. The van der Waals surface area contributed by atoms with Gasteiger partial charge in [0.2, 0.25) is 0 Å². The third-order valence-corrected chi connectivity index (χ3v) is 6.10. The Morgan fingerprint density at radius 3 is 2.48 bits per heavy atom. The van der Waals surface area contributed by atoms with Crippen LogP contribution >= 0.6 is 12.6 Å². The smallest absolute Gasteiger partial charge is 0.167 e. The fourth-order valence-electron chi connectivity index (χ4n) is 3.81. The molecule has 0 radical (unpaired) electrons. The van der Waals surface area contributed by atoms with Gasteiger partial charge >= 0.3 is 0 Å². The molecular weight excluding hydrogens is 390 g/mol. The predicted octanol–water partition coefficient (Wildman–Crippen LogP) is 2.64. The fraction of sp³-hybridized carbons (Fsp3) is 0.750. The molecule has 29 heavy (non-hydrogen) atoms. The number of anilines is 1. The summed E-state index contributed by atoms with van der Waals surface area (Å²) in [6, 6.07) is 0. The summed E-state index contributed by atoms with van der Waals surface area (Å²) in [5.74, 6) is 1.03. The molecule has 3 heterocycles. The van der Waals surface area contributed by atoms with Crippen LogP contribution in [0.3, 0.4) is 0 Å². The normalized spacial score (nSPS) is 24.6. The first-order chi connectivity index (χ1) is 14.1. The molecule has 2 aromatic heterocycles. The Morgan fingerprint density at radius 1 is 1.14 bits per heavy atom. The molecule has 4 N–H and O–H groups in total. The van der Waals surface area contributed by atoms with Crippen LogP contribution in [0.5, 0.6) is 0 Å². The van der Waals surface area contributed by atoms with E-state index < -0.39 is 23.7 Å². The van der Waals surface area contributed by atoms with E-state index in [0.717, 1.165) is 19.3 Å². The number of thiol groups is 1. The molecule has 0 unspecified atom stereocenters. The highest BCUT2D eigenvalue weighted by atomic mass is 32.1. The van der Waals surface area contributed by atoms with Gasteiger partial charge in [-0.3, -0.25) is 4.57 Å². The lowest BCUT2D eigenvalue weighted by Gasteiger charge is -2.17. The Kier molecular flexibility index (Phi) is 8.11.